The van der Waals surface area contributed by atoms with Crippen LogP contribution in [-0.2, 0) is 13.1 Å². The summed E-state index contributed by atoms with van der Waals surface area (Å²) in [6, 6.07) is 0. The van der Waals surface area contributed by atoms with Crippen LogP contribution in [0.5, 0.6) is 5.75 Å². The highest BCUT2D eigenvalue weighted by molar-refractivity contribution is 6.33. The van der Waals surface area contributed by atoms with Gasteiger partial charge in [-0.1, -0.05) is 37.1 Å². The molecule has 3 aromatic heterocycles. The molecule has 0 aliphatic heterocycles. The van der Waals surface area contributed by atoms with Crippen LogP contribution in [0.1, 0.15) is 50.9 Å². The van der Waals surface area contributed by atoms with Crippen LogP contribution >= 0.6 is 11.6 Å². The molecule has 168 valence electrons. The van der Waals surface area contributed by atoms with Crippen LogP contribution < -0.4 is 16.2 Å². The molecule has 3 aromatic rings. The fourth-order valence-electron chi connectivity index (χ4n) is 3.40. The Labute approximate surface area is 187 Å². The molecule has 0 bridgehead atoms. The van der Waals surface area contributed by atoms with Gasteiger partial charge in [-0.05, 0) is 34.1 Å². The van der Waals surface area contributed by atoms with Crippen molar-refractivity contribution < 1.29 is 4.74 Å². The normalized spacial score (nSPS) is 10.6. The maximum Gasteiger partial charge on any atom is 0.330 e. The Morgan fingerprint density at radius 1 is 1.23 bits per heavy atom. The summed E-state index contributed by atoms with van der Waals surface area (Å²) in [7, 11) is 1.62. The van der Waals surface area contributed by atoms with Gasteiger partial charge >= 0.3 is 5.69 Å². The molecule has 0 saturated carbocycles. The Kier molecular flexibility index (Phi) is 8.21. The first-order valence-electron chi connectivity index (χ1n) is 10.3. The van der Waals surface area contributed by atoms with Crippen LogP contribution in [-0.4, -0.2) is 31.2 Å². The molecule has 0 fully saturated rings. The second-order valence-corrected chi connectivity index (χ2v) is 7.54. The number of halogens is 1. The molecule has 0 spiro atoms. The molecule has 3 rings (SSSR count). The number of imidazole rings is 1. The number of methoxy groups -OCH3 is 1. The molecule has 0 aliphatic rings. The molecule has 0 saturated heterocycles. The van der Waals surface area contributed by atoms with Crippen LogP contribution in [0, 0.1) is 13.8 Å². The van der Waals surface area contributed by atoms with Crippen molar-refractivity contribution in [2.75, 3.05) is 12.8 Å². The minimum absolute atomic E-state index is 0.0175. The largest absolute Gasteiger partial charge is 0.496 e. The lowest BCUT2D eigenvalue weighted by molar-refractivity contribution is 0.406. The second-order valence-electron chi connectivity index (χ2n) is 7.18. The molecule has 0 aromatic carbocycles. The summed E-state index contributed by atoms with van der Waals surface area (Å²) in [6.07, 6.45) is 4.49. The van der Waals surface area contributed by atoms with Crippen LogP contribution in [0.3, 0.4) is 0 Å². The predicted octanol–water partition coefficient (Wildman–Crippen LogP) is 4.28. The SMILES string of the molecule is CC.COc1c(C)cnc(Cn2c(=O)n(CCC=C(C)C)c3c(Cl)nc(N)nc32)c1C. The van der Waals surface area contributed by atoms with Crippen molar-refractivity contribution in [3.63, 3.8) is 0 Å². The fourth-order valence-corrected chi connectivity index (χ4v) is 3.67. The summed E-state index contributed by atoms with van der Waals surface area (Å²) in [4.78, 5) is 26.1. The van der Waals surface area contributed by atoms with Crippen molar-refractivity contribution in [3.05, 3.63) is 50.3 Å². The van der Waals surface area contributed by atoms with Crippen molar-refractivity contribution in [2.24, 2.45) is 0 Å². The summed E-state index contributed by atoms with van der Waals surface area (Å²) in [5.74, 6) is 0.770. The molecule has 0 aliphatic carbocycles. The Bertz CT molecular complexity index is 1160. The lowest BCUT2D eigenvalue weighted by Gasteiger charge is -2.12. The second kappa shape index (κ2) is 10.4. The van der Waals surface area contributed by atoms with E-state index in [4.69, 9.17) is 22.1 Å². The molecule has 0 radical (unpaired) electrons. The van der Waals surface area contributed by atoms with Crippen molar-refractivity contribution in [3.8, 4) is 5.75 Å². The van der Waals surface area contributed by atoms with E-state index in [-0.39, 0.29) is 23.3 Å². The van der Waals surface area contributed by atoms with Gasteiger partial charge in [0.05, 0.1) is 19.3 Å². The van der Waals surface area contributed by atoms with Gasteiger partial charge in [0.2, 0.25) is 5.95 Å². The van der Waals surface area contributed by atoms with E-state index in [9.17, 15) is 4.79 Å². The lowest BCUT2D eigenvalue weighted by Crippen LogP contribution is -2.25. The third kappa shape index (κ3) is 5.07. The molecule has 0 unspecified atom stereocenters. The van der Waals surface area contributed by atoms with E-state index in [1.165, 1.54) is 10.1 Å². The maximum atomic E-state index is 13.2. The highest BCUT2D eigenvalue weighted by atomic mass is 35.5. The minimum atomic E-state index is -0.232. The van der Waals surface area contributed by atoms with E-state index in [1.807, 2.05) is 41.5 Å². The van der Waals surface area contributed by atoms with Crippen LogP contribution in [0.2, 0.25) is 5.15 Å². The highest BCUT2D eigenvalue weighted by Crippen LogP contribution is 2.26. The van der Waals surface area contributed by atoms with E-state index in [0.717, 1.165) is 16.9 Å². The van der Waals surface area contributed by atoms with Crippen LogP contribution in [0.15, 0.2) is 22.6 Å². The monoisotopic (exact) mass is 446 g/mol. The van der Waals surface area contributed by atoms with E-state index in [2.05, 4.69) is 21.0 Å². The molecular weight excluding hydrogens is 416 g/mol. The Morgan fingerprint density at radius 2 is 1.90 bits per heavy atom. The lowest BCUT2D eigenvalue weighted by atomic mass is 10.1. The minimum Gasteiger partial charge on any atom is -0.496 e. The van der Waals surface area contributed by atoms with E-state index >= 15 is 0 Å². The molecule has 8 nitrogen and oxygen atoms in total. The number of aryl methyl sites for hydroxylation is 2. The van der Waals surface area contributed by atoms with Gasteiger partial charge in [0.25, 0.3) is 0 Å². The first-order valence-corrected chi connectivity index (χ1v) is 10.7. The summed E-state index contributed by atoms with van der Waals surface area (Å²) in [5, 5.41) is 0.159. The van der Waals surface area contributed by atoms with E-state index < -0.39 is 0 Å². The number of ether oxygens (including phenoxy) is 1. The van der Waals surface area contributed by atoms with Gasteiger partial charge in [-0.2, -0.15) is 9.97 Å². The van der Waals surface area contributed by atoms with Crippen molar-refractivity contribution >= 4 is 28.7 Å². The predicted molar refractivity (Wildman–Crippen MR) is 126 cm³/mol. The average molecular weight is 447 g/mol. The number of pyridine rings is 1. The third-order valence-electron chi connectivity index (χ3n) is 4.79. The smallest absolute Gasteiger partial charge is 0.330 e. The van der Waals surface area contributed by atoms with Gasteiger partial charge in [0.15, 0.2) is 10.8 Å². The molecular formula is C22H31ClN6O2. The van der Waals surface area contributed by atoms with Crippen molar-refractivity contribution in [1.82, 2.24) is 24.1 Å². The van der Waals surface area contributed by atoms with Gasteiger partial charge in [-0.25, -0.2) is 4.79 Å². The van der Waals surface area contributed by atoms with Crippen LogP contribution in [0.4, 0.5) is 5.95 Å². The van der Waals surface area contributed by atoms with Crippen molar-refractivity contribution in [2.45, 2.75) is 61.1 Å². The number of nitrogens with zero attached hydrogens (tertiary/aromatic N) is 5. The van der Waals surface area contributed by atoms with Gasteiger partial charge in [-0.15, -0.1) is 0 Å². The number of aromatic nitrogens is 5. The van der Waals surface area contributed by atoms with Gasteiger partial charge < -0.3 is 10.5 Å². The zero-order valence-corrected chi connectivity index (χ0v) is 20.0. The molecule has 9 heteroatoms. The number of fused-ring (bicyclic) bond motifs is 1. The van der Waals surface area contributed by atoms with Gasteiger partial charge in [0.1, 0.15) is 11.3 Å². The summed E-state index contributed by atoms with van der Waals surface area (Å²) in [6.45, 7) is 12.6. The number of anilines is 1. The first kappa shape index (κ1) is 24.4. The molecule has 2 N–H and O–H groups in total. The zero-order valence-electron chi connectivity index (χ0n) is 19.3. The zero-order chi connectivity index (χ0) is 23.3. The number of hydrogen-bond donors (Lipinski definition) is 1. The fraction of sp³-hybridized carbons (Fsp3) is 0.455. The highest BCUT2D eigenvalue weighted by Gasteiger charge is 2.20. The van der Waals surface area contributed by atoms with E-state index in [0.29, 0.717) is 29.8 Å². The number of allylic oxidation sites excluding steroid dienone is 2. The number of hydrogen-bond acceptors (Lipinski definition) is 6. The topological polar surface area (TPSA) is 101 Å². The van der Waals surface area contributed by atoms with Gasteiger partial charge in [0, 0.05) is 23.9 Å². The standard InChI is InChI=1S/C20H25ClN6O2.C2H6/c1-11(2)7-6-8-26-15-17(21)24-19(22)25-18(15)27(20(26)28)10-14-13(4)16(29-5)12(3)9-23-14;1-2/h7,9H,6,8,10H2,1-5H3,(H2,22,24,25);1-2H3. The first-order chi connectivity index (χ1) is 14.7. The van der Waals surface area contributed by atoms with Crippen molar-refractivity contribution in [1.29, 1.82) is 0 Å². The number of rotatable bonds is 6. The van der Waals surface area contributed by atoms with E-state index in [1.54, 1.807) is 17.9 Å². The molecule has 3 heterocycles. The molecule has 0 atom stereocenters. The molecule has 31 heavy (non-hydrogen) atoms. The number of nitrogens with two attached hydrogens (primary N) is 1. The summed E-state index contributed by atoms with van der Waals surface area (Å²) in [5.41, 5.74) is 10.1. The Balaban J connectivity index is 0.00000166. The average Bonchev–Trinajstić information content (AvgIpc) is 2.97. The Morgan fingerprint density at radius 3 is 2.52 bits per heavy atom. The summed E-state index contributed by atoms with van der Waals surface area (Å²) >= 11 is 6.34. The summed E-state index contributed by atoms with van der Waals surface area (Å²) < 4.78 is 8.61. The van der Waals surface area contributed by atoms with Gasteiger partial charge in [-0.3, -0.25) is 14.1 Å². The quantitative estimate of drug-likeness (QED) is 0.448. The third-order valence-corrected chi connectivity index (χ3v) is 5.05. The number of nitrogen functional groups attached to an aromatic ring is 1. The maximum absolute atomic E-state index is 13.2. The van der Waals surface area contributed by atoms with Crippen LogP contribution in [0.25, 0.3) is 11.2 Å². The molecule has 0 amide bonds. The Hall–Kier alpha value is -2.87.